The molecule has 3 aromatic carbocycles. The van der Waals surface area contributed by atoms with E-state index in [0.29, 0.717) is 24.5 Å². The van der Waals surface area contributed by atoms with Crippen molar-refractivity contribution in [1.29, 1.82) is 5.26 Å². The highest BCUT2D eigenvalue weighted by molar-refractivity contribution is 5.97. The molecule has 7 heteroatoms. The normalized spacial score (nSPS) is 11.3. The number of nitrogens with two attached hydrogens (primary N) is 1. The van der Waals surface area contributed by atoms with Gasteiger partial charge in [-0.25, -0.2) is 4.79 Å². The maximum Gasteiger partial charge on any atom is 0.331 e. The molecule has 0 spiro atoms. The van der Waals surface area contributed by atoms with Gasteiger partial charge in [-0.1, -0.05) is 60.7 Å². The van der Waals surface area contributed by atoms with Crippen LogP contribution in [0.25, 0.3) is 38.8 Å². The van der Waals surface area contributed by atoms with Gasteiger partial charge < -0.3 is 15.3 Å². The molecule has 7 nitrogen and oxygen atoms in total. The molecule has 0 saturated heterocycles. The number of nitrogens with zero attached hydrogens (tertiary/aromatic N) is 3. The van der Waals surface area contributed by atoms with E-state index in [1.165, 1.54) is 0 Å². The van der Waals surface area contributed by atoms with Crippen LogP contribution < -0.4 is 11.4 Å². The van der Waals surface area contributed by atoms with Crippen molar-refractivity contribution >= 4 is 21.8 Å². The minimum atomic E-state index is -0.353. The number of nitriles is 1. The highest BCUT2D eigenvalue weighted by Gasteiger charge is 2.23. The van der Waals surface area contributed by atoms with Crippen LogP contribution in [0.5, 0.6) is 0 Å². The van der Waals surface area contributed by atoms with Crippen molar-refractivity contribution in [3.63, 3.8) is 0 Å². The van der Waals surface area contributed by atoms with Gasteiger partial charge >= 0.3 is 5.69 Å². The van der Waals surface area contributed by atoms with Crippen LogP contribution in [0.4, 0.5) is 0 Å². The minimum absolute atomic E-state index is 0.230. The summed E-state index contributed by atoms with van der Waals surface area (Å²) in [5.74, 6) is 0. The van der Waals surface area contributed by atoms with Crippen LogP contribution in [0.2, 0.25) is 0 Å². The van der Waals surface area contributed by atoms with Crippen LogP contribution >= 0.6 is 0 Å². The third-order valence-electron chi connectivity index (χ3n) is 6.44. The fourth-order valence-electron chi connectivity index (χ4n) is 4.86. The molecule has 0 aliphatic heterocycles. The smallest absolute Gasteiger partial charge is 0.331 e. The topological polar surface area (TPSA) is 108 Å². The lowest BCUT2D eigenvalue weighted by Gasteiger charge is -2.07. The molecular weight excluding hydrogens is 436 g/mol. The molecular formula is C28H22N6O. The van der Waals surface area contributed by atoms with Crippen molar-refractivity contribution in [2.45, 2.75) is 13.1 Å². The van der Waals surface area contributed by atoms with E-state index in [0.717, 1.165) is 38.5 Å². The summed E-state index contributed by atoms with van der Waals surface area (Å²) in [4.78, 5) is 19.2. The fraction of sp³-hybridized carbons (Fsp3) is 0.0714. The predicted molar refractivity (Wildman–Crippen MR) is 137 cm³/mol. The zero-order chi connectivity index (χ0) is 23.9. The monoisotopic (exact) mass is 458 g/mol. The third kappa shape index (κ3) is 3.36. The maximum absolute atomic E-state index is 13.2. The first-order chi connectivity index (χ1) is 17.2. The summed E-state index contributed by atoms with van der Waals surface area (Å²) < 4.78 is 3.75. The molecule has 0 aliphatic carbocycles. The van der Waals surface area contributed by atoms with Gasteiger partial charge in [-0.2, -0.15) is 5.26 Å². The predicted octanol–water partition coefficient (Wildman–Crippen LogP) is 4.65. The second kappa shape index (κ2) is 8.20. The van der Waals surface area contributed by atoms with Gasteiger partial charge in [0.1, 0.15) is 11.8 Å². The van der Waals surface area contributed by atoms with E-state index >= 15 is 0 Å². The molecule has 0 radical (unpaired) electrons. The van der Waals surface area contributed by atoms with Crippen molar-refractivity contribution in [2.24, 2.45) is 5.73 Å². The fourth-order valence-corrected chi connectivity index (χ4v) is 4.86. The molecule has 3 aromatic heterocycles. The average Bonchev–Trinajstić information content (AvgIpc) is 3.57. The van der Waals surface area contributed by atoms with E-state index in [1.807, 2.05) is 67.0 Å². The number of aromatic nitrogens is 4. The first-order valence-electron chi connectivity index (χ1n) is 11.4. The molecule has 0 fully saturated rings. The molecule has 6 aromatic rings. The number of imidazole rings is 1. The average molecular weight is 459 g/mol. The summed E-state index contributed by atoms with van der Waals surface area (Å²) in [6.45, 7) is 1.12. The van der Waals surface area contributed by atoms with Crippen LogP contribution in [0, 0.1) is 11.3 Å². The van der Waals surface area contributed by atoms with Crippen molar-refractivity contribution < 1.29 is 0 Å². The zero-order valence-electron chi connectivity index (χ0n) is 18.8. The molecule has 6 rings (SSSR count). The Morgan fingerprint density at radius 1 is 0.943 bits per heavy atom. The highest BCUT2D eigenvalue weighted by Crippen LogP contribution is 2.35. The van der Waals surface area contributed by atoms with Gasteiger partial charge in [0.05, 0.1) is 11.4 Å². The second-order valence-electron chi connectivity index (χ2n) is 8.53. The maximum atomic E-state index is 13.2. The molecule has 0 amide bonds. The number of H-pyrrole nitrogens is 2. The Kier molecular flexibility index (Phi) is 4.87. The largest absolute Gasteiger partial charge is 0.359 e. The van der Waals surface area contributed by atoms with Crippen molar-refractivity contribution in [1.82, 2.24) is 19.1 Å². The summed E-state index contributed by atoms with van der Waals surface area (Å²) >= 11 is 0. The lowest BCUT2D eigenvalue weighted by atomic mass is 10.1. The van der Waals surface area contributed by atoms with Gasteiger partial charge in [-0.05, 0) is 23.3 Å². The number of aromatic amines is 2. The van der Waals surface area contributed by atoms with Gasteiger partial charge in [-0.15, -0.1) is 0 Å². The van der Waals surface area contributed by atoms with E-state index in [-0.39, 0.29) is 11.4 Å². The Balaban J connectivity index is 1.59. The number of hydrogen-bond donors (Lipinski definition) is 3. The number of benzene rings is 3. The van der Waals surface area contributed by atoms with Gasteiger partial charge in [0.2, 0.25) is 0 Å². The number of para-hydroxylation sites is 2. The van der Waals surface area contributed by atoms with Crippen LogP contribution in [-0.4, -0.2) is 19.1 Å². The van der Waals surface area contributed by atoms with Crippen LogP contribution in [0.3, 0.4) is 0 Å². The van der Waals surface area contributed by atoms with Crippen LogP contribution in [0.1, 0.15) is 16.8 Å². The van der Waals surface area contributed by atoms with Gasteiger partial charge in [-0.3, -0.25) is 9.55 Å². The lowest BCUT2D eigenvalue weighted by Crippen LogP contribution is -2.15. The van der Waals surface area contributed by atoms with Gasteiger partial charge in [0.15, 0.2) is 0 Å². The van der Waals surface area contributed by atoms with E-state index in [2.05, 4.69) is 38.8 Å². The SMILES string of the molecule is N#Cc1[nH]c(=O)n(-c2c[nH]c3ccccc23)c1-c1cn(Cc2cccc(CN)c2)c2ccccc12. The molecule has 35 heavy (non-hydrogen) atoms. The number of nitrogens with one attached hydrogen (secondary N) is 2. The Morgan fingerprint density at radius 3 is 2.54 bits per heavy atom. The van der Waals surface area contributed by atoms with Gasteiger partial charge in [0.25, 0.3) is 0 Å². The molecule has 3 heterocycles. The summed E-state index contributed by atoms with van der Waals surface area (Å²) in [5, 5.41) is 11.8. The van der Waals surface area contributed by atoms with Crippen LogP contribution in [0.15, 0.2) is 90.0 Å². The molecule has 0 aliphatic rings. The Bertz CT molecular complexity index is 1810. The van der Waals surface area contributed by atoms with E-state index < -0.39 is 0 Å². The molecule has 0 unspecified atom stereocenters. The second-order valence-corrected chi connectivity index (χ2v) is 8.53. The summed E-state index contributed by atoms with van der Waals surface area (Å²) in [7, 11) is 0. The summed E-state index contributed by atoms with van der Waals surface area (Å²) in [5.41, 5.74) is 11.9. The summed E-state index contributed by atoms with van der Waals surface area (Å²) in [6, 6.07) is 26.2. The first-order valence-corrected chi connectivity index (χ1v) is 11.4. The van der Waals surface area contributed by atoms with E-state index in [1.54, 1.807) is 4.57 Å². The number of fused-ring (bicyclic) bond motifs is 2. The Labute approximate surface area is 200 Å². The first kappa shape index (κ1) is 20.8. The third-order valence-corrected chi connectivity index (χ3v) is 6.44. The Hall–Kier alpha value is -4.80. The lowest BCUT2D eigenvalue weighted by molar-refractivity contribution is 0.834. The highest BCUT2D eigenvalue weighted by atomic mass is 16.1. The van der Waals surface area contributed by atoms with E-state index in [4.69, 9.17) is 5.73 Å². The minimum Gasteiger partial charge on any atom is -0.359 e. The molecule has 170 valence electrons. The molecule has 0 bridgehead atoms. The quantitative estimate of drug-likeness (QED) is 0.350. The van der Waals surface area contributed by atoms with Crippen molar-refractivity contribution in [3.05, 3.63) is 112 Å². The molecule has 4 N–H and O–H groups in total. The zero-order valence-corrected chi connectivity index (χ0v) is 18.8. The standard InChI is InChI=1S/C28H22N6O/c29-13-18-6-5-7-19(12-18)16-33-17-22(20-8-2-4-11-25(20)33)27-24(14-30)32-28(35)34(27)26-15-31-23-10-3-1-9-21(23)26/h1-12,15,17,31H,13,16,29H2,(H,32,35). The number of hydrogen-bond acceptors (Lipinski definition) is 3. The van der Waals surface area contributed by atoms with Gasteiger partial charge in [0, 0.05) is 52.9 Å². The van der Waals surface area contributed by atoms with Crippen molar-refractivity contribution in [2.75, 3.05) is 0 Å². The number of rotatable bonds is 5. The Morgan fingerprint density at radius 2 is 1.71 bits per heavy atom. The molecule has 0 atom stereocenters. The summed E-state index contributed by atoms with van der Waals surface area (Å²) in [6.07, 6.45) is 3.83. The van der Waals surface area contributed by atoms with Crippen LogP contribution in [-0.2, 0) is 13.1 Å². The van der Waals surface area contributed by atoms with E-state index in [9.17, 15) is 10.1 Å². The molecule has 0 saturated carbocycles. The van der Waals surface area contributed by atoms with Crippen molar-refractivity contribution in [3.8, 4) is 23.0 Å².